The van der Waals surface area contributed by atoms with Crippen LogP contribution in [0.15, 0.2) is 60.7 Å². The van der Waals surface area contributed by atoms with Gasteiger partial charge >= 0.3 is 5.92 Å². The van der Waals surface area contributed by atoms with Crippen LogP contribution in [0.3, 0.4) is 0 Å². The van der Waals surface area contributed by atoms with Crippen LogP contribution in [0.5, 0.6) is 0 Å². The van der Waals surface area contributed by atoms with Crippen molar-refractivity contribution in [3.63, 3.8) is 0 Å². The molecule has 1 aliphatic heterocycles. The molecule has 5 heteroatoms. The second-order valence-corrected chi connectivity index (χ2v) is 10.5. The molecule has 2 aromatic carbocycles. The quantitative estimate of drug-likeness (QED) is 0.637. The summed E-state index contributed by atoms with van der Waals surface area (Å²) in [6.07, 6.45) is 0.557. The standard InChI is InChI=1S/C15H14ClO2PS/c16-19(17)18-14(12-7-3-1-4-8-12)11-15(20-19)13-9-5-2-6-10-13/h1-10,14-15H,11H2/t14?,15?,19-/m0/s1. The lowest BCUT2D eigenvalue weighted by atomic mass is 10.0. The lowest BCUT2D eigenvalue weighted by Gasteiger charge is -2.32. The first kappa shape index (κ1) is 14.2. The lowest BCUT2D eigenvalue weighted by molar-refractivity contribution is 0.205. The fraction of sp³-hybridized carbons (Fsp3) is 0.200. The van der Waals surface area contributed by atoms with E-state index in [-0.39, 0.29) is 11.4 Å². The van der Waals surface area contributed by atoms with E-state index in [1.165, 1.54) is 11.4 Å². The smallest absolute Gasteiger partial charge is 0.302 e. The highest BCUT2D eigenvalue weighted by molar-refractivity contribution is 8.63. The Labute approximate surface area is 127 Å². The summed E-state index contributed by atoms with van der Waals surface area (Å²) in [7, 11) is 0. The van der Waals surface area contributed by atoms with Crippen LogP contribution in [0.2, 0.25) is 0 Å². The van der Waals surface area contributed by atoms with E-state index >= 15 is 0 Å². The van der Waals surface area contributed by atoms with Crippen molar-refractivity contribution in [2.45, 2.75) is 17.8 Å². The normalized spacial score (nSPS) is 30.1. The van der Waals surface area contributed by atoms with Crippen LogP contribution < -0.4 is 0 Å². The van der Waals surface area contributed by atoms with E-state index in [0.717, 1.165) is 17.5 Å². The summed E-state index contributed by atoms with van der Waals surface area (Å²) in [5, 5.41) is 0.0958. The molecule has 2 unspecified atom stereocenters. The number of halogens is 1. The second kappa shape index (κ2) is 5.95. The first-order chi connectivity index (χ1) is 9.64. The molecule has 0 spiro atoms. The van der Waals surface area contributed by atoms with E-state index in [0.29, 0.717) is 0 Å². The molecule has 2 aromatic rings. The molecule has 1 fully saturated rings. The Morgan fingerprint density at radius 2 is 1.55 bits per heavy atom. The maximum atomic E-state index is 12.3. The molecule has 0 saturated carbocycles. The van der Waals surface area contributed by atoms with Crippen molar-refractivity contribution in [1.29, 1.82) is 0 Å². The molecule has 1 saturated heterocycles. The molecule has 0 radical (unpaired) electrons. The van der Waals surface area contributed by atoms with Gasteiger partial charge in [-0.2, -0.15) is 0 Å². The molecule has 0 amide bonds. The Hall–Kier alpha value is -0.730. The Morgan fingerprint density at radius 3 is 2.15 bits per heavy atom. The van der Waals surface area contributed by atoms with E-state index < -0.39 is 5.92 Å². The zero-order chi connectivity index (χ0) is 14.0. The first-order valence-corrected chi connectivity index (χ1v) is 10.4. The van der Waals surface area contributed by atoms with E-state index in [1.807, 2.05) is 60.7 Å². The Morgan fingerprint density at radius 1 is 1.00 bits per heavy atom. The third kappa shape index (κ3) is 3.29. The zero-order valence-electron chi connectivity index (χ0n) is 10.7. The molecule has 2 nitrogen and oxygen atoms in total. The Bertz CT molecular complexity index is 569. The first-order valence-electron chi connectivity index (χ1n) is 6.40. The van der Waals surface area contributed by atoms with Gasteiger partial charge in [-0.1, -0.05) is 60.7 Å². The van der Waals surface area contributed by atoms with Gasteiger partial charge in [-0.3, -0.25) is 4.57 Å². The molecular formula is C15H14ClO2PS. The van der Waals surface area contributed by atoms with Crippen LogP contribution in [0.25, 0.3) is 0 Å². The zero-order valence-corrected chi connectivity index (χ0v) is 13.2. The molecule has 0 aliphatic carbocycles. The van der Waals surface area contributed by atoms with Crippen molar-refractivity contribution in [3.8, 4) is 0 Å². The van der Waals surface area contributed by atoms with Gasteiger partial charge in [0.1, 0.15) is 0 Å². The van der Waals surface area contributed by atoms with Crippen molar-refractivity contribution in [3.05, 3.63) is 71.8 Å². The number of hydrogen-bond donors (Lipinski definition) is 0. The predicted molar refractivity (Wildman–Crippen MR) is 85.1 cm³/mol. The highest BCUT2D eigenvalue weighted by atomic mass is 35.7. The second-order valence-electron chi connectivity index (χ2n) is 4.68. The number of benzene rings is 2. The minimum atomic E-state index is -3.14. The average molecular weight is 325 g/mol. The highest BCUT2D eigenvalue weighted by Gasteiger charge is 2.38. The molecule has 3 rings (SSSR count). The summed E-state index contributed by atoms with van der Waals surface area (Å²) in [5.41, 5.74) is 2.16. The lowest BCUT2D eigenvalue weighted by Crippen LogP contribution is -2.10. The van der Waals surface area contributed by atoms with E-state index in [9.17, 15) is 4.57 Å². The summed E-state index contributed by atoms with van der Waals surface area (Å²) in [5.74, 6) is -3.14. The van der Waals surface area contributed by atoms with Crippen molar-refractivity contribution in [2.24, 2.45) is 0 Å². The van der Waals surface area contributed by atoms with Gasteiger partial charge in [0, 0.05) is 5.25 Å². The summed E-state index contributed by atoms with van der Waals surface area (Å²) >= 11 is 7.30. The number of rotatable bonds is 2. The molecule has 1 heterocycles. The summed E-state index contributed by atoms with van der Waals surface area (Å²) in [4.78, 5) is 0. The van der Waals surface area contributed by atoms with Crippen LogP contribution in [0, 0.1) is 0 Å². The molecule has 0 N–H and O–H groups in total. The number of hydrogen-bond acceptors (Lipinski definition) is 3. The minimum Gasteiger partial charge on any atom is -0.302 e. The van der Waals surface area contributed by atoms with E-state index in [4.69, 9.17) is 15.8 Å². The Kier molecular flexibility index (Phi) is 4.23. The molecular weight excluding hydrogens is 311 g/mol. The molecule has 1 aliphatic rings. The van der Waals surface area contributed by atoms with Crippen LogP contribution >= 0.6 is 28.5 Å². The SMILES string of the molecule is O=[P@@]1(Cl)OC(c2ccccc2)CC(c2ccccc2)S1. The maximum absolute atomic E-state index is 12.3. The van der Waals surface area contributed by atoms with Crippen LogP contribution in [-0.4, -0.2) is 0 Å². The van der Waals surface area contributed by atoms with Gasteiger partial charge in [-0.05, 0) is 40.2 Å². The van der Waals surface area contributed by atoms with Gasteiger partial charge in [-0.15, -0.1) is 0 Å². The van der Waals surface area contributed by atoms with E-state index in [2.05, 4.69) is 0 Å². The minimum absolute atomic E-state index is 0.0958. The summed E-state index contributed by atoms with van der Waals surface area (Å²) in [6, 6.07) is 19.9. The van der Waals surface area contributed by atoms with Gasteiger partial charge in [0.05, 0.1) is 6.10 Å². The van der Waals surface area contributed by atoms with Crippen molar-refractivity contribution in [2.75, 3.05) is 0 Å². The van der Waals surface area contributed by atoms with Gasteiger partial charge in [0.15, 0.2) is 0 Å². The maximum Gasteiger partial charge on any atom is 0.347 e. The van der Waals surface area contributed by atoms with Crippen molar-refractivity contribution < 1.29 is 9.09 Å². The highest BCUT2D eigenvalue weighted by Crippen LogP contribution is 2.75. The largest absolute Gasteiger partial charge is 0.347 e. The predicted octanol–water partition coefficient (Wildman–Crippen LogP) is 5.97. The molecule has 3 atom stereocenters. The monoisotopic (exact) mass is 324 g/mol. The molecule has 104 valence electrons. The fourth-order valence-electron chi connectivity index (χ4n) is 2.34. The van der Waals surface area contributed by atoms with Crippen molar-refractivity contribution >= 4 is 28.5 Å². The average Bonchev–Trinajstić information content (AvgIpc) is 2.47. The summed E-state index contributed by atoms with van der Waals surface area (Å²) in [6.45, 7) is 0. The topological polar surface area (TPSA) is 26.3 Å². The summed E-state index contributed by atoms with van der Waals surface area (Å²) < 4.78 is 17.9. The van der Waals surface area contributed by atoms with Crippen LogP contribution in [0.4, 0.5) is 0 Å². The molecule has 20 heavy (non-hydrogen) atoms. The van der Waals surface area contributed by atoms with Gasteiger partial charge in [-0.25, -0.2) is 0 Å². The van der Waals surface area contributed by atoms with Crippen molar-refractivity contribution in [1.82, 2.24) is 0 Å². The third-order valence-corrected chi connectivity index (χ3v) is 7.49. The molecule has 0 aromatic heterocycles. The third-order valence-electron chi connectivity index (χ3n) is 3.28. The van der Waals surface area contributed by atoms with Gasteiger partial charge < -0.3 is 4.52 Å². The Balaban J connectivity index is 1.89. The fourth-order valence-corrected chi connectivity index (χ4v) is 6.89. The van der Waals surface area contributed by atoms with Crippen LogP contribution in [0.1, 0.15) is 28.9 Å². The van der Waals surface area contributed by atoms with Gasteiger partial charge in [0.2, 0.25) is 0 Å². The van der Waals surface area contributed by atoms with Gasteiger partial charge in [0.25, 0.3) is 0 Å². The van der Waals surface area contributed by atoms with Crippen LogP contribution in [-0.2, 0) is 9.09 Å². The van der Waals surface area contributed by atoms with E-state index in [1.54, 1.807) is 0 Å². The molecule has 0 bridgehead atoms.